The summed E-state index contributed by atoms with van der Waals surface area (Å²) in [5.74, 6) is 0.917. The molecule has 0 saturated carbocycles. The van der Waals surface area contributed by atoms with E-state index in [9.17, 15) is 10.1 Å². The first-order valence-corrected chi connectivity index (χ1v) is 7.03. The third-order valence-electron chi connectivity index (χ3n) is 3.59. The average Bonchev–Trinajstić information content (AvgIpc) is 2.75. The third kappa shape index (κ3) is 3.09. The lowest BCUT2D eigenvalue weighted by Gasteiger charge is -2.22. The van der Waals surface area contributed by atoms with Crippen LogP contribution in [0.5, 0.6) is 0 Å². The van der Waals surface area contributed by atoms with Crippen LogP contribution < -0.4 is 5.32 Å². The maximum Gasteiger partial charge on any atom is 0.334 e. The Hall–Kier alpha value is -1.63. The van der Waals surface area contributed by atoms with Gasteiger partial charge in [-0.1, -0.05) is 13.8 Å². The minimum Gasteiger partial charge on any atom is -0.381 e. The lowest BCUT2D eigenvalue weighted by Crippen LogP contribution is -2.25. The van der Waals surface area contributed by atoms with E-state index in [2.05, 4.69) is 10.4 Å². The highest BCUT2D eigenvalue weighted by atomic mass is 16.6. The smallest absolute Gasteiger partial charge is 0.334 e. The van der Waals surface area contributed by atoms with Crippen LogP contribution in [0.25, 0.3) is 0 Å². The van der Waals surface area contributed by atoms with Crippen LogP contribution in [-0.4, -0.2) is 34.5 Å². The molecule has 1 aromatic rings. The third-order valence-corrected chi connectivity index (χ3v) is 3.59. The van der Waals surface area contributed by atoms with E-state index in [1.807, 2.05) is 13.8 Å². The Kier molecular flexibility index (Phi) is 4.59. The van der Waals surface area contributed by atoms with Crippen LogP contribution in [0.2, 0.25) is 0 Å². The Balaban J connectivity index is 2.15. The fraction of sp³-hybridized carbons (Fsp3) is 0.769. The second kappa shape index (κ2) is 6.21. The van der Waals surface area contributed by atoms with Crippen molar-refractivity contribution < 1.29 is 9.66 Å². The summed E-state index contributed by atoms with van der Waals surface area (Å²) in [6, 6.07) is 0. The number of aromatic nitrogens is 2. The molecule has 0 spiro atoms. The van der Waals surface area contributed by atoms with Gasteiger partial charge in [0.05, 0.1) is 11.5 Å². The van der Waals surface area contributed by atoms with Gasteiger partial charge < -0.3 is 10.1 Å². The van der Waals surface area contributed by atoms with Gasteiger partial charge in [0.15, 0.2) is 0 Å². The number of aryl methyl sites for hydroxylation is 1. The van der Waals surface area contributed by atoms with Crippen molar-refractivity contribution in [2.24, 2.45) is 13.0 Å². The number of rotatable bonds is 5. The SMILES string of the molecule is CC(C)c1nn(C)c(NCC2CCCOC2)c1[N+](=O)[O-]. The summed E-state index contributed by atoms with van der Waals surface area (Å²) in [7, 11) is 1.73. The van der Waals surface area contributed by atoms with E-state index in [0.29, 0.717) is 24.0 Å². The lowest BCUT2D eigenvalue weighted by molar-refractivity contribution is -0.384. The maximum atomic E-state index is 11.3. The normalized spacial score (nSPS) is 19.3. The molecular formula is C13H22N4O3. The van der Waals surface area contributed by atoms with Crippen LogP contribution in [0.4, 0.5) is 11.5 Å². The van der Waals surface area contributed by atoms with Crippen molar-refractivity contribution in [2.45, 2.75) is 32.6 Å². The van der Waals surface area contributed by atoms with E-state index in [1.54, 1.807) is 11.7 Å². The van der Waals surface area contributed by atoms with Gasteiger partial charge >= 0.3 is 5.69 Å². The van der Waals surface area contributed by atoms with Gasteiger partial charge in [-0.15, -0.1) is 0 Å². The molecule has 7 heteroatoms. The number of ether oxygens (including phenoxy) is 1. The van der Waals surface area contributed by atoms with Gasteiger partial charge in [-0.2, -0.15) is 5.10 Å². The van der Waals surface area contributed by atoms with Gasteiger partial charge in [0.1, 0.15) is 5.69 Å². The molecule has 1 unspecified atom stereocenters. The molecule has 0 aromatic carbocycles. The van der Waals surface area contributed by atoms with E-state index < -0.39 is 0 Å². The summed E-state index contributed by atoms with van der Waals surface area (Å²) < 4.78 is 6.99. The molecule has 7 nitrogen and oxygen atoms in total. The van der Waals surface area contributed by atoms with Crippen LogP contribution in [0, 0.1) is 16.0 Å². The van der Waals surface area contributed by atoms with E-state index in [-0.39, 0.29) is 16.5 Å². The highest BCUT2D eigenvalue weighted by Crippen LogP contribution is 2.33. The van der Waals surface area contributed by atoms with E-state index >= 15 is 0 Å². The van der Waals surface area contributed by atoms with Crippen molar-refractivity contribution >= 4 is 11.5 Å². The first-order valence-electron chi connectivity index (χ1n) is 7.03. The van der Waals surface area contributed by atoms with Gasteiger partial charge in [0.2, 0.25) is 5.82 Å². The Morgan fingerprint density at radius 2 is 2.35 bits per heavy atom. The topological polar surface area (TPSA) is 82.2 Å². The molecule has 1 N–H and O–H groups in total. The predicted octanol–water partition coefficient (Wildman–Crippen LogP) is 2.29. The highest BCUT2D eigenvalue weighted by Gasteiger charge is 2.28. The maximum absolute atomic E-state index is 11.3. The fourth-order valence-electron chi connectivity index (χ4n) is 2.51. The van der Waals surface area contributed by atoms with Crippen LogP contribution >= 0.6 is 0 Å². The molecule has 0 aliphatic carbocycles. The number of hydrogen-bond donors (Lipinski definition) is 1. The molecule has 20 heavy (non-hydrogen) atoms. The monoisotopic (exact) mass is 282 g/mol. The summed E-state index contributed by atoms with van der Waals surface area (Å²) in [4.78, 5) is 11.0. The largest absolute Gasteiger partial charge is 0.381 e. The van der Waals surface area contributed by atoms with Crippen molar-refractivity contribution in [1.82, 2.24) is 9.78 Å². The summed E-state index contributed by atoms with van der Waals surface area (Å²) in [5.41, 5.74) is 0.624. The summed E-state index contributed by atoms with van der Waals surface area (Å²) >= 11 is 0. The molecule has 1 fully saturated rings. The molecule has 1 saturated heterocycles. The van der Waals surface area contributed by atoms with Crippen molar-refractivity contribution in [2.75, 3.05) is 25.1 Å². The first-order chi connectivity index (χ1) is 9.50. The van der Waals surface area contributed by atoms with Gasteiger partial charge in [-0.05, 0) is 18.8 Å². The van der Waals surface area contributed by atoms with Gasteiger partial charge in [0, 0.05) is 26.1 Å². The Labute approximate surface area is 118 Å². The second-order valence-electron chi connectivity index (χ2n) is 5.58. The predicted molar refractivity (Wildman–Crippen MR) is 76.0 cm³/mol. The Morgan fingerprint density at radius 3 is 2.90 bits per heavy atom. The molecule has 1 aromatic heterocycles. The number of nitrogens with zero attached hydrogens (tertiary/aromatic N) is 3. The van der Waals surface area contributed by atoms with Crippen molar-refractivity contribution in [1.29, 1.82) is 0 Å². The molecule has 1 aliphatic rings. The summed E-state index contributed by atoms with van der Waals surface area (Å²) in [6.07, 6.45) is 2.15. The van der Waals surface area contributed by atoms with Gasteiger partial charge in [-0.25, -0.2) is 4.68 Å². The number of nitrogens with one attached hydrogen (secondary N) is 1. The van der Waals surface area contributed by atoms with Crippen LogP contribution in [0.15, 0.2) is 0 Å². The number of hydrogen-bond acceptors (Lipinski definition) is 5. The molecule has 112 valence electrons. The molecule has 0 amide bonds. The number of anilines is 1. The van der Waals surface area contributed by atoms with Crippen LogP contribution in [-0.2, 0) is 11.8 Å². The van der Waals surface area contributed by atoms with Gasteiger partial charge in [-0.3, -0.25) is 10.1 Å². The fourth-order valence-corrected chi connectivity index (χ4v) is 2.51. The zero-order valence-electron chi connectivity index (χ0n) is 12.3. The van der Waals surface area contributed by atoms with Gasteiger partial charge in [0.25, 0.3) is 0 Å². The van der Waals surface area contributed by atoms with Crippen molar-refractivity contribution in [3.63, 3.8) is 0 Å². The zero-order valence-corrected chi connectivity index (χ0v) is 12.3. The molecule has 2 rings (SSSR count). The second-order valence-corrected chi connectivity index (χ2v) is 5.58. The molecular weight excluding hydrogens is 260 g/mol. The average molecular weight is 282 g/mol. The molecule has 0 radical (unpaired) electrons. The molecule has 1 atom stereocenters. The van der Waals surface area contributed by atoms with E-state index in [4.69, 9.17) is 4.74 Å². The summed E-state index contributed by atoms with van der Waals surface area (Å²) in [6.45, 7) is 6.04. The molecule has 1 aliphatic heterocycles. The first kappa shape index (κ1) is 14.8. The minimum atomic E-state index is -0.345. The Bertz CT molecular complexity index is 478. The van der Waals surface area contributed by atoms with Crippen molar-refractivity contribution in [3.05, 3.63) is 15.8 Å². The van der Waals surface area contributed by atoms with Crippen LogP contribution in [0.3, 0.4) is 0 Å². The van der Waals surface area contributed by atoms with Crippen molar-refractivity contribution in [3.8, 4) is 0 Å². The summed E-state index contributed by atoms with van der Waals surface area (Å²) in [5, 5.41) is 18.8. The minimum absolute atomic E-state index is 0.0233. The van der Waals surface area contributed by atoms with E-state index in [0.717, 1.165) is 26.1 Å². The molecule has 0 bridgehead atoms. The number of nitro groups is 1. The highest BCUT2D eigenvalue weighted by molar-refractivity contribution is 5.60. The zero-order chi connectivity index (χ0) is 14.7. The van der Waals surface area contributed by atoms with Crippen LogP contribution in [0.1, 0.15) is 38.3 Å². The molecule has 2 heterocycles. The Morgan fingerprint density at radius 1 is 1.60 bits per heavy atom. The lowest BCUT2D eigenvalue weighted by atomic mass is 10.0. The van der Waals surface area contributed by atoms with E-state index in [1.165, 1.54) is 0 Å². The quantitative estimate of drug-likeness (QED) is 0.662. The standard InChI is InChI=1S/C13H22N4O3/c1-9(2)11-12(17(18)19)13(16(3)15-11)14-7-10-5-4-6-20-8-10/h9-10,14H,4-8H2,1-3H3.